The molecule has 0 unspecified atom stereocenters. The monoisotopic (exact) mass is 223 g/mol. The molecule has 0 fully saturated rings. The van der Waals surface area contributed by atoms with Crippen molar-refractivity contribution in [2.24, 2.45) is 0 Å². The molecular weight excluding hydrogens is 192 g/mol. The molecule has 0 aromatic heterocycles. The van der Waals surface area contributed by atoms with Gasteiger partial charge in [0.15, 0.2) is 0 Å². The summed E-state index contributed by atoms with van der Waals surface area (Å²) < 4.78 is 0. The Kier molecular flexibility index (Phi) is 73.8. The van der Waals surface area contributed by atoms with Crippen LogP contribution in [0.1, 0.15) is 47.5 Å². The molecule has 94 valence electrons. The van der Waals surface area contributed by atoms with Crippen molar-refractivity contribution in [2.75, 3.05) is 0 Å². The molecule has 16 heavy (non-hydrogen) atoms. The van der Waals surface area contributed by atoms with Crippen LogP contribution in [0, 0.1) is 6.42 Å². The Labute approximate surface area is 104 Å². The van der Waals surface area contributed by atoms with Crippen molar-refractivity contribution >= 4 is 0 Å². The molecule has 0 nitrogen and oxygen atoms in total. The summed E-state index contributed by atoms with van der Waals surface area (Å²) in [5, 5.41) is 0. The standard InChI is InChI=1S/C5H9.2C4H8.C3H6/c1-3-5-4-2;2*1-3-4-2;1-3-2/h3,5H,1,4H2,2H3;3-4H,1-2H3;3H,1,4H2,2H3;3H,1H2,2H3/q+1;;;/b;4-3+;;. The maximum Gasteiger partial charge on any atom is 0.0864 e. The number of unbranched alkanes of at least 4 members (excludes halogenated alkanes) is 1. The van der Waals surface area contributed by atoms with Crippen molar-refractivity contribution in [1.82, 2.24) is 0 Å². The Balaban J connectivity index is -0.0000000610. The lowest BCUT2D eigenvalue weighted by Gasteiger charge is -1.63. The molecule has 0 aliphatic carbocycles. The van der Waals surface area contributed by atoms with E-state index in [2.05, 4.69) is 33.6 Å². The fourth-order valence-electron chi connectivity index (χ4n) is 0.167. The number of hydrogen-bond acceptors (Lipinski definition) is 0. The minimum Gasteiger partial charge on any atom is -0.103 e. The maximum absolute atomic E-state index is 3.49. The van der Waals surface area contributed by atoms with Crippen molar-refractivity contribution in [3.05, 3.63) is 56.5 Å². The van der Waals surface area contributed by atoms with E-state index >= 15 is 0 Å². The smallest absolute Gasteiger partial charge is 0.0864 e. The normalized spacial score (nSPS) is 6.81. The summed E-state index contributed by atoms with van der Waals surface area (Å²) >= 11 is 0. The van der Waals surface area contributed by atoms with Gasteiger partial charge in [0, 0.05) is 19.4 Å². The van der Waals surface area contributed by atoms with Crippen molar-refractivity contribution in [3.8, 4) is 0 Å². The van der Waals surface area contributed by atoms with Crippen LogP contribution in [0.25, 0.3) is 0 Å². The molecule has 0 aliphatic rings. The highest BCUT2D eigenvalue weighted by Gasteiger charge is 1.71. The van der Waals surface area contributed by atoms with Gasteiger partial charge in [0.2, 0.25) is 0 Å². The summed E-state index contributed by atoms with van der Waals surface area (Å²) in [5.74, 6) is 0. The van der Waals surface area contributed by atoms with E-state index in [1.807, 2.05) is 45.4 Å². The average molecular weight is 223 g/mol. The molecule has 0 heteroatoms. The van der Waals surface area contributed by atoms with E-state index in [0.29, 0.717) is 0 Å². The van der Waals surface area contributed by atoms with Crippen LogP contribution in [-0.2, 0) is 0 Å². The second-order valence-electron chi connectivity index (χ2n) is 2.65. The predicted octanol–water partition coefficient (Wildman–Crippen LogP) is 6.14. The first-order valence-electron chi connectivity index (χ1n) is 5.85. The van der Waals surface area contributed by atoms with Crippen molar-refractivity contribution in [1.29, 1.82) is 0 Å². The Bertz CT molecular complexity index is 125. The number of allylic oxidation sites excluding steroid dienone is 5. The predicted molar refractivity (Wildman–Crippen MR) is 81.6 cm³/mol. The van der Waals surface area contributed by atoms with Crippen LogP contribution in [0.5, 0.6) is 0 Å². The van der Waals surface area contributed by atoms with Crippen molar-refractivity contribution in [3.63, 3.8) is 0 Å². The van der Waals surface area contributed by atoms with Crippen LogP contribution >= 0.6 is 0 Å². The van der Waals surface area contributed by atoms with Gasteiger partial charge >= 0.3 is 0 Å². The summed E-state index contributed by atoms with van der Waals surface area (Å²) in [7, 11) is 0. The van der Waals surface area contributed by atoms with E-state index in [9.17, 15) is 0 Å². The Morgan fingerprint density at radius 3 is 1.25 bits per heavy atom. The van der Waals surface area contributed by atoms with Crippen LogP contribution in [0.3, 0.4) is 0 Å². The van der Waals surface area contributed by atoms with E-state index < -0.39 is 0 Å². The molecule has 0 amide bonds. The molecule has 0 atom stereocenters. The summed E-state index contributed by atoms with van der Waals surface area (Å²) in [6.07, 6.45) is 13.6. The molecular formula is C16H31+. The molecule has 0 rings (SSSR count). The first kappa shape index (κ1) is 24.2. The van der Waals surface area contributed by atoms with E-state index in [1.54, 1.807) is 12.2 Å². The van der Waals surface area contributed by atoms with E-state index in [1.165, 1.54) is 0 Å². The number of hydrogen-bond donors (Lipinski definition) is 0. The van der Waals surface area contributed by atoms with E-state index in [4.69, 9.17) is 0 Å². The third-order valence-electron chi connectivity index (χ3n) is 1.02. The molecule has 0 N–H and O–H groups in total. The molecule has 0 aromatic carbocycles. The third kappa shape index (κ3) is 224. The third-order valence-corrected chi connectivity index (χ3v) is 1.02. The van der Waals surface area contributed by atoms with Gasteiger partial charge < -0.3 is 0 Å². The minimum atomic E-state index is 1.08. The SMILES string of the molecule is C/C=C/C.C=CC.C=CCC.C=C[CH+]CC. The maximum atomic E-state index is 3.49. The summed E-state index contributed by atoms with van der Waals surface area (Å²) in [6.45, 7) is 20.4. The molecule has 0 spiro atoms. The Hall–Kier alpha value is -1.17. The molecule has 0 saturated carbocycles. The highest BCUT2D eigenvalue weighted by Crippen LogP contribution is 1.79. The zero-order valence-corrected chi connectivity index (χ0v) is 12.0. The van der Waals surface area contributed by atoms with Crippen LogP contribution in [-0.4, -0.2) is 0 Å². The van der Waals surface area contributed by atoms with Gasteiger partial charge in [-0.2, -0.15) is 0 Å². The van der Waals surface area contributed by atoms with Gasteiger partial charge in [-0.15, -0.1) is 13.2 Å². The Morgan fingerprint density at radius 1 is 0.938 bits per heavy atom. The van der Waals surface area contributed by atoms with Crippen LogP contribution in [0.2, 0.25) is 0 Å². The fraction of sp³-hybridized carbons (Fsp3) is 0.438. The first-order valence-corrected chi connectivity index (χ1v) is 5.85. The highest BCUT2D eigenvalue weighted by molar-refractivity contribution is 4.83. The largest absolute Gasteiger partial charge is 0.103 e. The molecule has 0 aliphatic heterocycles. The fourth-order valence-corrected chi connectivity index (χ4v) is 0.167. The number of rotatable bonds is 3. The van der Waals surface area contributed by atoms with E-state index in [-0.39, 0.29) is 0 Å². The topological polar surface area (TPSA) is 0 Å². The zero-order valence-electron chi connectivity index (χ0n) is 12.0. The first-order chi connectivity index (χ1) is 7.66. The lowest BCUT2D eigenvalue weighted by Crippen LogP contribution is -1.54. The van der Waals surface area contributed by atoms with Crippen molar-refractivity contribution in [2.45, 2.75) is 47.5 Å². The van der Waals surface area contributed by atoms with Crippen LogP contribution < -0.4 is 0 Å². The van der Waals surface area contributed by atoms with Gasteiger partial charge in [0.05, 0.1) is 6.08 Å². The zero-order chi connectivity index (χ0) is 13.7. The van der Waals surface area contributed by atoms with Gasteiger partial charge in [-0.05, 0) is 34.1 Å². The van der Waals surface area contributed by atoms with E-state index in [0.717, 1.165) is 12.8 Å². The van der Waals surface area contributed by atoms with Gasteiger partial charge in [-0.25, -0.2) is 0 Å². The minimum absolute atomic E-state index is 1.08. The van der Waals surface area contributed by atoms with Gasteiger partial charge in [0.25, 0.3) is 0 Å². The molecule has 0 aromatic rings. The van der Waals surface area contributed by atoms with Crippen LogP contribution in [0.15, 0.2) is 50.1 Å². The second kappa shape index (κ2) is 48.8. The molecule has 0 bridgehead atoms. The lowest BCUT2D eigenvalue weighted by atomic mass is 10.3. The molecule has 0 saturated heterocycles. The summed E-state index contributed by atoms with van der Waals surface area (Å²) in [6, 6.07) is 0. The summed E-state index contributed by atoms with van der Waals surface area (Å²) in [4.78, 5) is 0. The van der Waals surface area contributed by atoms with Gasteiger partial charge in [-0.1, -0.05) is 31.2 Å². The molecule has 0 radical (unpaired) electrons. The highest BCUT2D eigenvalue weighted by atomic mass is 13.7. The lowest BCUT2D eigenvalue weighted by molar-refractivity contribution is 1.15. The average Bonchev–Trinajstić information content (AvgIpc) is 2.32. The van der Waals surface area contributed by atoms with Crippen molar-refractivity contribution < 1.29 is 0 Å². The van der Waals surface area contributed by atoms with Gasteiger partial charge in [0.1, 0.15) is 0 Å². The summed E-state index contributed by atoms with van der Waals surface area (Å²) in [5.41, 5.74) is 0. The second-order valence-corrected chi connectivity index (χ2v) is 2.65. The van der Waals surface area contributed by atoms with Crippen LogP contribution in [0.4, 0.5) is 0 Å². The Morgan fingerprint density at radius 2 is 1.25 bits per heavy atom. The quantitative estimate of drug-likeness (QED) is 0.398. The van der Waals surface area contributed by atoms with Gasteiger partial charge in [-0.3, -0.25) is 0 Å². The molecule has 0 heterocycles.